The van der Waals surface area contributed by atoms with Crippen molar-refractivity contribution in [3.05, 3.63) is 34.9 Å². The van der Waals surface area contributed by atoms with Gasteiger partial charge in [-0.25, -0.2) is 4.39 Å². The molecule has 3 rings (SSSR count). The lowest BCUT2D eigenvalue weighted by atomic mass is 9.77. The van der Waals surface area contributed by atoms with Crippen molar-refractivity contribution >= 4 is 11.6 Å². The SMILES string of the molecule is CC1CCC(N)(c2noc(-c3cc(Cl)ccc3F)n2)CC1. The predicted molar refractivity (Wildman–Crippen MR) is 78.2 cm³/mol. The van der Waals surface area contributed by atoms with E-state index in [0.29, 0.717) is 16.8 Å². The second kappa shape index (κ2) is 5.39. The number of aromatic nitrogens is 2. The second-order valence-corrected chi connectivity index (χ2v) is 6.32. The zero-order chi connectivity index (χ0) is 15.0. The van der Waals surface area contributed by atoms with E-state index < -0.39 is 11.4 Å². The van der Waals surface area contributed by atoms with Gasteiger partial charge in [0.2, 0.25) is 0 Å². The fourth-order valence-corrected chi connectivity index (χ4v) is 2.87. The van der Waals surface area contributed by atoms with Gasteiger partial charge in [0.25, 0.3) is 5.89 Å². The van der Waals surface area contributed by atoms with Crippen LogP contribution in [0.1, 0.15) is 38.4 Å². The Bertz CT molecular complexity index is 650. The van der Waals surface area contributed by atoms with E-state index in [4.69, 9.17) is 21.9 Å². The molecule has 1 heterocycles. The number of nitrogens with two attached hydrogens (primary N) is 1. The van der Waals surface area contributed by atoms with Gasteiger partial charge < -0.3 is 10.3 Å². The molecule has 2 aromatic rings. The van der Waals surface area contributed by atoms with Gasteiger partial charge in [0.05, 0.1) is 11.1 Å². The summed E-state index contributed by atoms with van der Waals surface area (Å²) >= 11 is 5.88. The average molecular weight is 310 g/mol. The van der Waals surface area contributed by atoms with Crippen LogP contribution in [0.4, 0.5) is 4.39 Å². The van der Waals surface area contributed by atoms with Crippen LogP contribution in [-0.4, -0.2) is 10.1 Å². The lowest BCUT2D eigenvalue weighted by Gasteiger charge is -2.33. The molecule has 1 saturated carbocycles. The van der Waals surface area contributed by atoms with E-state index in [9.17, 15) is 4.39 Å². The molecule has 2 N–H and O–H groups in total. The Morgan fingerprint density at radius 2 is 2.10 bits per heavy atom. The molecule has 0 atom stereocenters. The Kier molecular flexibility index (Phi) is 3.71. The zero-order valence-electron chi connectivity index (χ0n) is 11.8. The molecule has 0 bridgehead atoms. The van der Waals surface area contributed by atoms with Crippen LogP contribution in [0.2, 0.25) is 5.02 Å². The van der Waals surface area contributed by atoms with Crippen LogP contribution in [0.5, 0.6) is 0 Å². The van der Waals surface area contributed by atoms with Gasteiger partial charge in [-0.05, 0) is 49.8 Å². The summed E-state index contributed by atoms with van der Waals surface area (Å²) in [6, 6.07) is 4.23. The minimum absolute atomic E-state index is 0.119. The molecule has 1 aromatic carbocycles. The van der Waals surface area contributed by atoms with Crippen molar-refractivity contribution in [2.45, 2.75) is 38.1 Å². The number of rotatable bonds is 2. The molecular weight excluding hydrogens is 293 g/mol. The summed E-state index contributed by atoms with van der Waals surface area (Å²) in [5.41, 5.74) is 6.02. The summed E-state index contributed by atoms with van der Waals surface area (Å²) in [5.74, 6) is 0.786. The number of hydrogen-bond acceptors (Lipinski definition) is 4. The summed E-state index contributed by atoms with van der Waals surface area (Å²) < 4.78 is 19.0. The fourth-order valence-electron chi connectivity index (χ4n) is 2.70. The van der Waals surface area contributed by atoms with Crippen molar-refractivity contribution in [1.29, 1.82) is 0 Å². The highest BCUT2D eigenvalue weighted by molar-refractivity contribution is 6.30. The third-order valence-electron chi connectivity index (χ3n) is 4.20. The molecule has 1 fully saturated rings. The first-order valence-corrected chi connectivity index (χ1v) is 7.44. The van der Waals surface area contributed by atoms with Gasteiger partial charge in [-0.2, -0.15) is 4.98 Å². The van der Waals surface area contributed by atoms with Crippen LogP contribution in [0.3, 0.4) is 0 Å². The smallest absolute Gasteiger partial charge is 0.261 e. The first kappa shape index (κ1) is 14.5. The third kappa shape index (κ3) is 2.80. The molecule has 0 spiro atoms. The van der Waals surface area contributed by atoms with Gasteiger partial charge in [-0.15, -0.1) is 0 Å². The highest BCUT2D eigenvalue weighted by Crippen LogP contribution is 2.37. The minimum Gasteiger partial charge on any atom is -0.334 e. The van der Waals surface area contributed by atoms with Gasteiger partial charge in [0.15, 0.2) is 5.82 Å². The maximum Gasteiger partial charge on any atom is 0.261 e. The zero-order valence-corrected chi connectivity index (χ0v) is 12.5. The van der Waals surface area contributed by atoms with Crippen molar-refractivity contribution in [3.8, 4) is 11.5 Å². The largest absolute Gasteiger partial charge is 0.334 e. The van der Waals surface area contributed by atoms with Crippen LogP contribution in [-0.2, 0) is 5.54 Å². The molecule has 1 aliphatic rings. The second-order valence-electron chi connectivity index (χ2n) is 5.89. The average Bonchev–Trinajstić information content (AvgIpc) is 2.95. The van der Waals surface area contributed by atoms with Crippen molar-refractivity contribution in [2.75, 3.05) is 0 Å². The van der Waals surface area contributed by atoms with Gasteiger partial charge in [-0.1, -0.05) is 23.7 Å². The van der Waals surface area contributed by atoms with Gasteiger partial charge >= 0.3 is 0 Å². The molecule has 1 aliphatic carbocycles. The van der Waals surface area contributed by atoms with E-state index in [1.54, 1.807) is 0 Å². The Morgan fingerprint density at radius 1 is 1.38 bits per heavy atom. The molecule has 112 valence electrons. The van der Waals surface area contributed by atoms with Gasteiger partial charge in [0.1, 0.15) is 5.82 Å². The highest BCUT2D eigenvalue weighted by Gasteiger charge is 2.36. The van der Waals surface area contributed by atoms with E-state index in [1.807, 2.05) is 0 Å². The molecule has 4 nitrogen and oxygen atoms in total. The number of benzene rings is 1. The molecule has 0 aliphatic heterocycles. The molecule has 0 saturated heterocycles. The Balaban J connectivity index is 1.91. The lowest BCUT2D eigenvalue weighted by Crippen LogP contribution is -2.41. The van der Waals surface area contributed by atoms with Crippen molar-refractivity contribution in [2.24, 2.45) is 11.7 Å². The molecule has 21 heavy (non-hydrogen) atoms. The van der Waals surface area contributed by atoms with E-state index >= 15 is 0 Å². The van der Waals surface area contributed by atoms with Crippen LogP contribution in [0.25, 0.3) is 11.5 Å². The molecule has 0 radical (unpaired) electrons. The standard InChI is InChI=1S/C15H17ClFN3O/c1-9-4-6-15(18,7-5-9)14-19-13(21-20-14)11-8-10(16)2-3-12(11)17/h2-3,8-9H,4-7,18H2,1H3. The van der Waals surface area contributed by atoms with Crippen LogP contribution < -0.4 is 5.73 Å². The maximum atomic E-state index is 13.8. The number of halogens is 2. The Hall–Kier alpha value is -1.46. The molecule has 6 heteroatoms. The number of hydrogen-bond donors (Lipinski definition) is 1. The first-order chi connectivity index (χ1) is 9.98. The monoisotopic (exact) mass is 309 g/mol. The summed E-state index contributed by atoms with van der Waals surface area (Å²) in [6.07, 6.45) is 3.69. The van der Waals surface area contributed by atoms with Gasteiger partial charge in [0, 0.05) is 5.02 Å². The topological polar surface area (TPSA) is 64.9 Å². The van der Waals surface area contributed by atoms with Crippen molar-refractivity contribution < 1.29 is 8.91 Å². The molecule has 0 unspecified atom stereocenters. The quantitative estimate of drug-likeness (QED) is 0.914. The van der Waals surface area contributed by atoms with Crippen LogP contribution in [0.15, 0.2) is 22.7 Å². The molecular formula is C15H17ClFN3O. The summed E-state index contributed by atoms with van der Waals surface area (Å²) in [4.78, 5) is 4.30. The van der Waals surface area contributed by atoms with Crippen LogP contribution >= 0.6 is 11.6 Å². The van der Waals surface area contributed by atoms with Crippen LogP contribution in [0, 0.1) is 11.7 Å². The first-order valence-electron chi connectivity index (χ1n) is 7.06. The summed E-state index contributed by atoms with van der Waals surface area (Å²) in [5, 5.41) is 4.38. The summed E-state index contributed by atoms with van der Waals surface area (Å²) in [6.45, 7) is 2.21. The molecule has 1 aromatic heterocycles. The number of nitrogens with zero attached hydrogens (tertiary/aromatic N) is 2. The van der Waals surface area contributed by atoms with E-state index in [2.05, 4.69) is 17.1 Å². The normalized spacial score (nSPS) is 26.0. The summed E-state index contributed by atoms with van der Waals surface area (Å²) in [7, 11) is 0. The maximum absolute atomic E-state index is 13.8. The predicted octanol–water partition coefficient (Wildman–Crippen LogP) is 3.89. The lowest BCUT2D eigenvalue weighted by molar-refractivity contribution is 0.230. The fraction of sp³-hybridized carbons (Fsp3) is 0.467. The Labute approximate surface area is 127 Å². The van der Waals surface area contributed by atoms with E-state index in [1.165, 1.54) is 18.2 Å². The third-order valence-corrected chi connectivity index (χ3v) is 4.43. The van der Waals surface area contributed by atoms with Crippen molar-refractivity contribution in [1.82, 2.24) is 10.1 Å². The minimum atomic E-state index is -0.580. The van der Waals surface area contributed by atoms with E-state index in [0.717, 1.165) is 25.7 Å². The van der Waals surface area contributed by atoms with E-state index in [-0.39, 0.29) is 11.5 Å². The Morgan fingerprint density at radius 3 is 2.81 bits per heavy atom. The van der Waals surface area contributed by atoms with Gasteiger partial charge in [-0.3, -0.25) is 0 Å². The highest BCUT2D eigenvalue weighted by atomic mass is 35.5. The van der Waals surface area contributed by atoms with Crippen molar-refractivity contribution in [3.63, 3.8) is 0 Å². The molecule has 0 amide bonds.